The third-order valence-corrected chi connectivity index (χ3v) is 1.45. The third kappa shape index (κ3) is 2.35. The Morgan fingerprint density at radius 2 is 2.25 bits per heavy atom. The molecule has 0 saturated heterocycles. The highest BCUT2D eigenvalue weighted by atomic mass is 79.9. The summed E-state index contributed by atoms with van der Waals surface area (Å²) in [4.78, 5) is 25.9. The Morgan fingerprint density at radius 1 is 1.58 bits per heavy atom. The summed E-state index contributed by atoms with van der Waals surface area (Å²) in [6, 6.07) is 0. The molecule has 4 nitrogen and oxygen atoms in total. The second kappa shape index (κ2) is 3.73. The van der Waals surface area contributed by atoms with Crippen LogP contribution in [0, 0.1) is 0 Å². The molecule has 0 fully saturated rings. The van der Waals surface area contributed by atoms with Crippen LogP contribution in [0.5, 0.6) is 0 Å². The zero-order valence-corrected chi connectivity index (χ0v) is 8.07. The van der Waals surface area contributed by atoms with Crippen molar-refractivity contribution in [3.63, 3.8) is 0 Å². The number of hydrogen-bond donors (Lipinski definition) is 2. The minimum Gasteiger partial charge on any atom is -0.314 e. The van der Waals surface area contributed by atoms with E-state index in [9.17, 15) is 9.59 Å². The van der Waals surface area contributed by atoms with Crippen LogP contribution in [0.4, 0.5) is 0 Å². The number of aromatic nitrogens is 2. The highest BCUT2D eigenvalue weighted by Crippen LogP contribution is 2.12. The van der Waals surface area contributed by atoms with E-state index in [0.717, 1.165) is 0 Å². The lowest BCUT2D eigenvalue weighted by molar-refractivity contribution is 1.03. The van der Waals surface area contributed by atoms with E-state index in [1.807, 2.05) is 0 Å². The maximum Gasteiger partial charge on any atom is 0.325 e. The van der Waals surface area contributed by atoms with Crippen molar-refractivity contribution < 1.29 is 0 Å². The summed E-state index contributed by atoms with van der Waals surface area (Å²) in [6.45, 7) is 0. The molecular weight excluding hydrogens is 247 g/mol. The van der Waals surface area contributed by atoms with Gasteiger partial charge in [-0.2, -0.15) is 0 Å². The van der Waals surface area contributed by atoms with Crippen LogP contribution in [0.2, 0.25) is 0 Å². The van der Waals surface area contributed by atoms with Crippen molar-refractivity contribution in [1.82, 2.24) is 9.97 Å². The van der Waals surface area contributed by atoms with Gasteiger partial charge in [-0.25, -0.2) is 4.79 Å². The lowest BCUT2D eigenvalue weighted by Crippen LogP contribution is -2.22. The average Bonchev–Trinajstić information content (AvgIpc) is 1.94. The highest BCUT2D eigenvalue weighted by Gasteiger charge is 1.95. The molecule has 0 radical (unpaired) electrons. The standard InChI is InChI=1S/C6H4BrClN2O2/c7-4(8)1-3-2-9-6(12)10-5(3)11/h1-2H,(H2,9,10,11,12). The van der Waals surface area contributed by atoms with Gasteiger partial charge in [0.25, 0.3) is 5.56 Å². The Hall–Kier alpha value is -0.810. The molecule has 1 aromatic heterocycles. The second-order valence-electron chi connectivity index (χ2n) is 1.96. The van der Waals surface area contributed by atoms with E-state index in [-0.39, 0.29) is 5.56 Å². The van der Waals surface area contributed by atoms with Crippen LogP contribution in [-0.4, -0.2) is 9.97 Å². The molecule has 1 heterocycles. The van der Waals surface area contributed by atoms with Gasteiger partial charge in [-0.15, -0.1) is 0 Å². The van der Waals surface area contributed by atoms with Crippen molar-refractivity contribution >= 4 is 33.6 Å². The average molecular weight is 251 g/mol. The van der Waals surface area contributed by atoms with Gasteiger partial charge in [0.1, 0.15) is 0 Å². The van der Waals surface area contributed by atoms with Gasteiger partial charge in [0.2, 0.25) is 0 Å². The lowest BCUT2D eigenvalue weighted by atomic mass is 10.3. The van der Waals surface area contributed by atoms with Gasteiger partial charge in [0.05, 0.1) is 9.51 Å². The maximum absolute atomic E-state index is 11.0. The van der Waals surface area contributed by atoms with Gasteiger partial charge in [-0.05, 0) is 22.0 Å². The molecule has 0 aromatic carbocycles. The van der Waals surface area contributed by atoms with Crippen LogP contribution in [0.1, 0.15) is 5.56 Å². The molecule has 0 amide bonds. The summed E-state index contributed by atoms with van der Waals surface area (Å²) in [5.41, 5.74) is -0.726. The van der Waals surface area contributed by atoms with E-state index in [1.165, 1.54) is 12.3 Å². The zero-order chi connectivity index (χ0) is 9.14. The fraction of sp³-hybridized carbons (Fsp3) is 0. The van der Waals surface area contributed by atoms with Gasteiger partial charge in [0.15, 0.2) is 0 Å². The molecule has 0 saturated carbocycles. The fourth-order valence-electron chi connectivity index (χ4n) is 0.645. The molecule has 64 valence electrons. The van der Waals surface area contributed by atoms with Crippen molar-refractivity contribution in [1.29, 1.82) is 0 Å². The number of halogens is 2. The minimum absolute atomic E-state index is 0.288. The zero-order valence-electron chi connectivity index (χ0n) is 5.73. The van der Waals surface area contributed by atoms with E-state index in [4.69, 9.17) is 11.6 Å². The summed E-state index contributed by atoms with van der Waals surface area (Å²) in [7, 11) is 0. The van der Waals surface area contributed by atoms with E-state index in [1.54, 1.807) is 0 Å². The summed E-state index contributed by atoms with van der Waals surface area (Å²) >= 11 is 8.40. The quantitative estimate of drug-likeness (QED) is 0.782. The molecule has 0 atom stereocenters. The Bertz CT molecular complexity index is 416. The Morgan fingerprint density at radius 3 is 2.75 bits per heavy atom. The Balaban J connectivity index is 3.29. The van der Waals surface area contributed by atoms with Crippen LogP contribution in [0.3, 0.4) is 0 Å². The van der Waals surface area contributed by atoms with Crippen LogP contribution in [-0.2, 0) is 0 Å². The van der Waals surface area contributed by atoms with Gasteiger partial charge < -0.3 is 4.98 Å². The first-order valence-electron chi connectivity index (χ1n) is 2.94. The lowest BCUT2D eigenvalue weighted by Gasteiger charge is -1.89. The van der Waals surface area contributed by atoms with E-state index < -0.39 is 11.2 Å². The fourth-order valence-corrected chi connectivity index (χ4v) is 1.01. The van der Waals surface area contributed by atoms with E-state index >= 15 is 0 Å². The van der Waals surface area contributed by atoms with Crippen LogP contribution in [0.25, 0.3) is 6.08 Å². The predicted molar refractivity (Wildman–Crippen MR) is 50.4 cm³/mol. The molecule has 0 bridgehead atoms. The molecule has 0 aliphatic heterocycles. The Kier molecular flexibility index (Phi) is 2.88. The van der Waals surface area contributed by atoms with Crippen LogP contribution in [0.15, 0.2) is 19.7 Å². The second-order valence-corrected chi connectivity index (χ2v) is 3.68. The monoisotopic (exact) mass is 250 g/mol. The first-order chi connectivity index (χ1) is 5.59. The largest absolute Gasteiger partial charge is 0.325 e. The van der Waals surface area contributed by atoms with Gasteiger partial charge >= 0.3 is 5.69 Å². The molecule has 0 aliphatic carbocycles. The van der Waals surface area contributed by atoms with Gasteiger partial charge in [-0.1, -0.05) is 11.6 Å². The van der Waals surface area contributed by atoms with Crippen LogP contribution < -0.4 is 11.2 Å². The SMILES string of the molecule is O=c1[nH]cc(C=C(Cl)Br)c(=O)[nH]1. The van der Waals surface area contributed by atoms with E-state index in [2.05, 4.69) is 25.9 Å². The number of nitrogens with one attached hydrogen (secondary N) is 2. The molecule has 0 unspecified atom stereocenters. The summed E-state index contributed by atoms with van der Waals surface area (Å²) < 4.78 is 0.292. The highest BCUT2D eigenvalue weighted by molar-refractivity contribution is 9.12. The summed E-state index contributed by atoms with van der Waals surface area (Å²) in [5, 5.41) is 0. The van der Waals surface area contributed by atoms with Crippen molar-refractivity contribution in [2.45, 2.75) is 0 Å². The first-order valence-corrected chi connectivity index (χ1v) is 4.11. The maximum atomic E-state index is 11.0. The smallest absolute Gasteiger partial charge is 0.314 e. The number of hydrogen-bond acceptors (Lipinski definition) is 2. The summed E-state index contributed by atoms with van der Waals surface area (Å²) in [6.07, 6.45) is 2.67. The number of rotatable bonds is 1. The van der Waals surface area contributed by atoms with Crippen molar-refractivity contribution in [3.8, 4) is 0 Å². The van der Waals surface area contributed by atoms with Crippen molar-refractivity contribution in [2.75, 3.05) is 0 Å². The van der Waals surface area contributed by atoms with Crippen LogP contribution >= 0.6 is 27.5 Å². The number of H-pyrrole nitrogens is 2. The molecule has 0 aliphatic rings. The molecule has 6 heteroatoms. The third-order valence-electron chi connectivity index (χ3n) is 1.11. The molecule has 12 heavy (non-hydrogen) atoms. The molecule has 0 spiro atoms. The van der Waals surface area contributed by atoms with Gasteiger partial charge in [0, 0.05) is 6.20 Å². The normalized spacial score (nSPS) is 11.7. The topological polar surface area (TPSA) is 65.7 Å². The Labute approximate surface area is 80.4 Å². The van der Waals surface area contributed by atoms with Crippen molar-refractivity contribution in [3.05, 3.63) is 36.5 Å². The minimum atomic E-state index is -0.539. The molecule has 1 rings (SSSR count). The first kappa shape index (κ1) is 9.28. The van der Waals surface area contributed by atoms with E-state index in [0.29, 0.717) is 3.94 Å². The molecule has 2 N–H and O–H groups in total. The van der Waals surface area contributed by atoms with Gasteiger partial charge in [-0.3, -0.25) is 9.78 Å². The molecule has 1 aromatic rings. The molecular formula is C6H4BrClN2O2. The summed E-state index contributed by atoms with van der Waals surface area (Å²) in [5.74, 6) is 0. The predicted octanol–water partition coefficient (Wildman–Crippen LogP) is 0.995. The van der Waals surface area contributed by atoms with Crippen molar-refractivity contribution in [2.24, 2.45) is 0 Å². The number of aromatic amines is 2.